The van der Waals surface area contributed by atoms with Gasteiger partial charge in [0.25, 0.3) is 5.91 Å². The van der Waals surface area contributed by atoms with E-state index in [0.29, 0.717) is 12.1 Å². The highest BCUT2D eigenvalue weighted by Crippen LogP contribution is 2.11. The number of nitrogens with one attached hydrogen (secondary N) is 2. The quantitative estimate of drug-likeness (QED) is 0.815. The number of hydrogen-bond acceptors (Lipinski definition) is 3. The van der Waals surface area contributed by atoms with Crippen LogP contribution in [0.4, 0.5) is 0 Å². The number of rotatable bonds is 6. The first-order valence-corrected chi connectivity index (χ1v) is 8.08. The molecular weight excluding hydrogens is 358 g/mol. The average Bonchev–Trinajstić information content (AvgIpc) is 2.56. The Balaban J connectivity index is 1.74. The summed E-state index contributed by atoms with van der Waals surface area (Å²) in [7, 11) is 0. The molecule has 23 heavy (non-hydrogen) atoms. The Bertz CT molecular complexity index is 659. The Morgan fingerprint density at radius 3 is 2.43 bits per heavy atom. The van der Waals surface area contributed by atoms with Crippen molar-refractivity contribution in [1.29, 1.82) is 0 Å². The van der Waals surface area contributed by atoms with Crippen molar-refractivity contribution in [1.82, 2.24) is 15.6 Å². The summed E-state index contributed by atoms with van der Waals surface area (Å²) in [6.45, 7) is 2.21. The SMILES string of the molecule is CC(NC(=O)CCNC(=O)c1ccc(Br)cc1)c1ccncc1. The molecule has 6 heteroatoms. The second kappa shape index (κ2) is 8.43. The minimum Gasteiger partial charge on any atom is -0.352 e. The Morgan fingerprint density at radius 2 is 1.78 bits per heavy atom. The molecule has 0 spiro atoms. The van der Waals surface area contributed by atoms with E-state index in [1.165, 1.54) is 0 Å². The van der Waals surface area contributed by atoms with Crippen molar-refractivity contribution in [2.45, 2.75) is 19.4 Å². The highest BCUT2D eigenvalue weighted by molar-refractivity contribution is 9.10. The van der Waals surface area contributed by atoms with Gasteiger partial charge in [-0.25, -0.2) is 0 Å². The molecule has 2 N–H and O–H groups in total. The summed E-state index contributed by atoms with van der Waals surface area (Å²) < 4.78 is 0.915. The van der Waals surface area contributed by atoms with E-state index >= 15 is 0 Å². The molecule has 120 valence electrons. The second-order valence-electron chi connectivity index (χ2n) is 5.08. The molecular formula is C17H18BrN3O2. The third-order valence-corrected chi connectivity index (χ3v) is 3.86. The van der Waals surface area contributed by atoms with Crippen LogP contribution in [0.2, 0.25) is 0 Å². The summed E-state index contributed by atoms with van der Waals surface area (Å²) in [4.78, 5) is 27.8. The van der Waals surface area contributed by atoms with Gasteiger partial charge in [-0.15, -0.1) is 0 Å². The number of amides is 2. The molecule has 1 aromatic heterocycles. The molecule has 0 bridgehead atoms. The number of carbonyl (C=O) groups is 2. The number of pyridine rings is 1. The standard InChI is InChI=1S/C17H18BrN3O2/c1-12(13-6-9-19-10-7-13)21-16(22)8-11-20-17(23)14-2-4-15(18)5-3-14/h2-7,9-10,12H,8,11H2,1H3,(H,20,23)(H,21,22). The first-order valence-electron chi connectivity index (χ1n) is 7.29. The molecule has 1 aromatic carbocycles. The third-order valence-electron chi connectivity index (χ3n) is 3.33. The average molecular weight is 376 g/mol. The normalized spacial score (nSPS) is 11.6. The molecule has 1 heterocycles. The van der Waals surface area contributed by atoms with Gasteiger partial charge in [-0.3, -0.25) is 14.6 Å². The van der Waals surface area contributed by atoms with Gasteiger partial charge in [0.1, 0.15) is 0 Å². The lowest BCUT2D eigenvalue weighted by molar-refractivity contribution is -0.121. The van der Waals surface area contributed by atoms with Gasteiger partial charge in [0, 0.05) is 35.4 Å². The Kier molecular flexibility index (Phi) is 6.29. The van der Waals surface area contributed by atoms with Gasteiger partial charge in [0.2, 0.25) is 5.91 Å². The number of benzene rings is 1. The molecule has 5 nitrogen and oxygen atoms in total. The zero-order chi connectivity index (χ0) is 16.7. The van der Waals surface area contributed by atoms with Crippen molar-refractivity contribution in [3.05, 3.63) is 64.4 Å². The maximum atomic E-state index is 11.9. The minimum absolute atomic E-state index is 0.0901. The van der Waals surface area contributed by atoms with Crippen LogP contribution >= 0.6 is 15.9 Å². The van der Waals surface area contributed by atoms with Gasteiger partial charge >= 0.3 is 0 Å². The van der Waals surface area contributed by atoms with E-state index in [1.807, 2.05) is 19.1 Å². The molecule has 0 aliphatic heterocycles. The highest BCUT2D eigenvalue weighted by atomic mass is 79.9. The maximum absolute atomic E-state index is 11.9. The molecule has 0 aliphatic rings. The minimum atomic E-state index is -0.188. The van der Waals surface area contributed by atoms with Gasteiger partial charge in [0.15, 0.2) is 0 Å². The fourth-order valence-electron chi connectivity index (χ4n) is 2.04. The molecule has 2 aromatic rings. The molecule has 2 rings (SSSR count). The summed E-state index contributed by atoms with van der Waals surface area (Å²) in [5.41, 5.74) is 1.56. The molecule has 0 aliphatic carbocycles. The lowest BCUT2D eigenvalue weighted by atomic mass is 10.1. The molecule has 1 unspecified atom stereocenters. The van der Waals surface area contributed by atoms with Crippen LogP contribution in [-0.4, -0.2) is 23.3 Å². The smallest absolute Gasteiger partial charge is 0.251 e. The largest absolute Gasteiger partial charge is 0.352 e. The zero-order valence-electron chi connectivity index (χ0n) is 12.8. The van der Waals surface area contributed by atoms with Gasteiger partial charge in [-0.05, 0) is 48.9 Å². The highest BCUT2D eigenvalue weighted by Gasteiger charge is 2.10. The topological polar surface area (TPSA) is 71.1 Å². The van der Waals surface area contributed by atoms with Crippen molar-refractivity contribution in [2.75, 3.05) is 6.54 Å². The molecule has 0 saturated carbocycles. The second-order valence-corrected chi connectivity index (χ2v) is 6.00. The van der Waals surface area contributed by atoms with Gasteiger partial charge < -0.3 is 10.6 Å². The Morgan fingerprint density at radius 1 is 1.13 bits per heavy atom. The van der Waals surface area contributed by atoms with E-state index in [4.69, 9.17) is 0 Å². The fourth-order valence-corrected chi connectivity index (χ4v) is 2.31. The van der Waals surface area contributed by atoms with E-state index in [9.17, 15) is 9.59 Å². The summed E-state index contributed by atoms with van der Waals surface area (Å²) in [5, 5.41) is 5.63. The summed E-state index contributed by atoms with van der Waals surface area (Å²) in [5.74, 6) is -0.294. The zero-order valence-corrected chi connectivity index (χ0v) is 14.3. The molecule has 2 amide bonds. The maximum Gasteiger partial charge on any atom is 0.251 e. The number of aromatic nitrogens is 1. The van der Waals surface area contributed by atoms with Gasteiger partial charge in [-0.1, -0.05) is 15.9 Å². The van der Waals surface area contributed by atoms with Crippen molar-refractivity contribution in [3.8, 4) is 0 Å². The van der Waals surface area contributed by atoms with Crippen LogP contribution in [0, 0.1) is 0 Å². The molecule has 0 saturated heterocycles. The Hall–Kier alpha value is -2.21. The summed E-state index contributed by atoms with van der Waals surface area (Å²) in [6.07, 6.45) is 3.62. The van der Waals surface area contributed by atoms with Gasteiger partial charge in [-0.2, -0.15) is 0 Å². The number of carbonyl (C=O) groups excluding carboxylic acids is 2. The van der Waals surface area contributed by atoms with E-state index in [1.54, 1.807) is 36.7 Å². The molecule has 0 fully saturated rings. The van der Waals surface area contributed by atoms with E-state index in [0.717, 1.165) is 10.0 Å². The predicted octanol–water partition coefficient (Wildman–Crippen LogP) is 2.84. The Labute approximate surface area is 143 Å². The molecule has 1 atom stereocenters. The van der Waals surface area contributed by atoms with Crippen molar-refractivity contribution in [3.63, 3.8) is 0 Å². The third kappa shape index (κ3) is 5.49. The van der Waals surface area contributed by atoms with Crippen molar-refractivity contribution in [2.24, 2.45) is 0 Å². The lowest BCUT2D eigenvalue weighted by Crippen LogP contribution is -2.32. The molecule has 0 radical (unpaired) electrons. The summed E-state index contributed by atoms with van der Waals surface area (Å²) >= 11 is 3.32. The van der Waals surface area contributed by atoms with Crippen LogP contribution in [-0.2, 0) is 4.79 Å². The van der Waals surface area contributed by atoms with Crippen LogP contribution in [0.3, 0.4) is 0 Å². The monoisotopic (exact) mass is 375 g/mol. The van der Waals surface area contributed by atoms with Crippen molar-refractivity contribution < 1.29 is 9.59 Å². The lowest BCUT2D eigenvalue weighted by Gasteiger charge is -2.14. The van der Waals surface area contributed by atoms with Crippen molar-refractivity contribution >= 4 is 27.7 Å². The number of halogens is 1. The van der Waals surface area contributed by atoms with Crippen LogP contribution in [0.15, 0.2) is 53.3 Å². The van der Waals surface area contributed by atoms with E-state index in [-0.39, 0.29) is 24.3 Å². The van der Waals surface area contributed by atoms with Gasteiger partial charge in [0.05, 0.1) is 6.04 Å². The summed E-state index contributed by atoms with van der Waals surface area (Å²) in [6, 6.07) is 10.7. The van der Waals surface area contributed by atoms with Crippen LogP contribution in [0.25, 0.3) is 0 Å². The van der Waals surface area contributed by atoms with Crippen LogP contribution < -0.4 is 10.6 Å². The number of nitrogens with zero attached hydrogens (tertiary/aromatic N) is 1. The van der Waals surface area contributed by atoms with Crippen LogP contribution in [0.1, 0.15) is 35.3 Å². The number of hydrogen-bond donors (Lipinski definition) is 2. The fraction of sp³-hybridized carbons (Fsp3) is 0.235. The predicted molar refractivity (Wildman–Crippen MR) is 91.9 cm³/mol. The first-order chi connectivity index (χ1) is 11.1. The van der Waals surface area contributed by atoms with Crippen LogP contribution in [0.5, 0.6) is 0 Å². The van der Waals surface area contributed by atoms with E-state index in [2.05, 4.69) is 31.5 Å². The first kappa shape index (κ1) is 17.1. The van der Waals surface area contributed by atoms with E-state index < -0.39 is 0 Å².